The number of rotatable bonds is 5. The molecule has 2 aliphatic heterocycles. The van der Waals surface area contributed by atoms with E-state index < -0.39 is 16.9 Å². The molecule has 38 heavy (non-hydrogen) atoms. The Labute approximate surface area is 217 Å². The molecule has 0 aromatic heterocycles. The average Bonchev–Trinajstić information content (AvgIpc) is 2.96. The van der Waals surface area contributed by atoms with Crippen LogP contribution in [0, 0.1) is 32.8 Å². The Bertz CT molecular complexity index is 1580. The number of nitrogens with two attached hydrogens (primary N) is 1. The van der Waals surface area contributed by atoms with Gasteiger partial charge >= 0.3 is 0 Å². The number of hydrogen-bond acceptors (Lipinski definition) is 9. The van der Waals surface area contributed by atoms with Crippen LogP contribution in [0.1, 0.15) is 23.1 Å². The molecule has 10 heteroatoms. The zero-order valence-corrected chi connectivity index (χ0v) is 20.1. The number of anilines is 1. The molecule has 0 spiro atoms. The van der Waals surface area contributed by atoms with Crippen molar-refractivity contribution >= 4 is 17.1 Å². The van der Waals surface area contributed by atoms with E-state index in [9.17, 15) is 20.6 Å². The van der Waals surface area contributed by atoms with Crippen LogP contribution in [0.25, 0.3) is 0 Å². The van der Waals surface area contributed by atoms with E-state index in [1.54, 1.807) is 36.4 Å². The Morgan fingerprint density at radius 2 is 1.68 bits per heavy atom. The van der Waals surface area contributed by atoms with E-state index in [4.69, 9.17) is 15.2 Å². The van der Waals surface area contributed by atoms with Crippen molar-refractivity contribution in [2.45, 2.75) is 12.0 Å². The first kappa shape index (κ1) is 24.1. The standard InChI is InChI=1S/C28H20N6O4/c1-37-21-13-11-19(12-14-21)33-26(18-5-3-2-4-6-18)25-24(17-7-9-20(10-8-17)34(35)36)22(15-29)28(31)38-27(25)23(16-30)32-33/h2-14,24,26H,31H2,1H3. The van der Waals surface area contributed by atoms with Crippen molar-refractivity contribution in [2.75, 3.05) is 12.1 Å². The lowest BCUT2D eigenvalue weighted by Gasteiger charge is -2.41. The third kappa shape index (κ3) is 4.06. The van der Waals surface area contributed by atoms with E-state index in [2.05, 4.69) is 17.2 Å². The predicted octanol–water partition coefficient (Wildman–Crippen LogP) is 4.81. The first-order chi connectivity index (χ1) is 18.5. The molecule has 2 N–H and O–H groups in total. The molecule has 10 nitrogen and oxygen atoms in total. The number of allylic oxidation sites excluding steroid dienone is 2. The molecular formula is C28H20N6O4. The van der Waals surface area contributed by atoms with Gasteiger partial charge in [-0.15, -0.1) is 0 Å². The summed E-state index contributed by atoms with van der Waals surface area (Å²) >= 11 is 0. The number of hydrogen-bond donors (Lipinski definition) is 1. The fourth-order valence-corrected chi connectivity index (χ4v) is 4.69. The monoisotopic (exact) mass is 504 g/mol. The smallest absolute Gasteiger partial charge is 0.269 e. The third-order valence-electron chi connectivity index (χ3n) is 6.42. The highest BCUT2D eigenvalue weighted by Crippen LogP contribution is 2.50. The van der Waals surface area contributed by atoms with Crippen molar-refractivity contribution in [3.8, 4) is 17.9 Å². The van der Waals surface area contributed by atoms with Crippen LogP contribution in [0.2, 0.25) is 0 Å². The number of nitrogens with zero attached hydrogens (tertiary/aromatic N) is 5. The lowest BCUT2D eigenvalue weighted by Crippen LogP contribution is -2.38. The van der Waals surface area contributed by atoms with Crippen molar-refractivity contribution in [3.63, 3.8) is 0 Å². The summed E-state index contributed by atoms with van der Waals surface area (Å²) in [5.74, 6) is -0.0961. The fraction of sp³-hybridized carbons (Fsp3) is 0.107. The molecule has 0 aliphatic carbocycles. The zero-order chi connectivity index (χ0) is 26.8. The molecule has 5 rings (SSSR count). The Hall–Kier alpha value is -5.61. The summed E-state index contributed by atoms with van der Waals surface area (Å²) in [7, 11) is 1.57. The number of nitro groups is 1. The molecule has 0 radical (unpaired) electrons. The van der Waals surface area contributed by atoms with E-state index in [0.717, 1.165) is 5.56 Å². The quantitative estimate of drug-likeness (QED) is 0.384. The second-order valence-corrected chi connectivity index (χ2v) is 8.47. The summed E-state index contributed by atoms with van der Waals surface area (Å²) < 4.78 is 11.2. The van der Waals surface area contributed by atoms with Crippen molar-refractivity contribution in [2.24, 2.45) is 10.8 Å². The van der Waals surface area contributed by atoms with Gasteiger partial charge in [-0.05, 0) is 35.4 Å². The van der Waals surface area contributed by atoms with Gasteiger partial charge in [0.25, 0.3) is 5.69 Å². The summed E-state index contributed by atoms with van der Waals surface area (Å²) in [5.41, 5.74) is 8.85. The van der Waals surface area contributed by atoms with Crippen LogP contribution in [-0.2, 0) is 4.74 Å². The Morgan fingerprint density at radius 1 is 1.00 bits per heavy atom. The van der Waals surface area contributed by atoms with Crippen LogP contribution >= 0.6 is 0 Å². The zero-order valence-electron chi connectivity index (χ0n) is 20.1. The Balaban J connectivity index is 1.77. The summed E-state index contributed by atoms with van der Waals surface area (Å²) in [6, 6.07) is 26.2. The van der Waals surface area contributed by atoms with Gasteiger partial charge in [0, 0.05) is 17.7 Å². The lowest BCUT2D eigenvalue weighted by atomic mass is 9.76. The fourth-order valence-electron chi connectivity index (χ4n) is 4.69. The molecule has 3 aromatic rings. The van der Waals surface area contributed by atoms with Crippen LogP contribution in [0.5, 0.6) is 5.75 Å². The van der Waals surface area contributed by atoms with Gasteiger partial charge in [-0.1, -0.05) is 42.5 Å². The van der Waals surface area contributed by atoms with Gasteiger partial charge in [0.15, 0.2) is 5.76 Å². The van der Waals surface area contributed by atoms with Crippen LogP contribution in [0.4, 0.5) is 11.4 Å². The minimum atomic E-state index is -0.755. The molecule has 0 amide bonds. The Morgan fingerprint density at radius 3 is 2.26 bits per heavy atom. The number of nitriles is 2. The van der Waals surface area contributed by atoms with E-state index in [1.807, 2.05) is 42.5 Å². The lowest BCUT2D eigenvalue weighted by molar-refractivity contribution is -0.384. The summed E-state index contributed by atoms with van der Waals surface area (Å²) in [6.45, 7) is 0. The highest BCUT2D eigenvalue weighted by atomic mass is 16.6. The van der Waals surface area contributed by atoms with Gasteiger partial charge in [0.05, 0.1) is 23.6 Å². The summed E-state index contributed by atoms with van der Waals surface area (Å²) in [6.07, 6.45) is 0. The largest absolute Gasteiger partial charge is 0.497 e. The number of nitro benzene ring substituents is 1. The van der Waals surface area contributed by atoms with E-state index in [1.165, 1.54) is 12.1 Å². The number of benzene rings is 3. The summed E-state index contributed by atoms with van der Waals surface area (Å²) in [5, 5.41) is 37.8. The highest BCUT2D eigenvalue weighted by molar-refractivity contribution is 6.12. The van der Waals surface area contributed by atoms with Crippen LogP contribution < -0.4 is 15.5 Å². The molecule has 3 aromatic carbocycles. The molecule has 0 saturated heterocycles. The van der Waals surface area contributed by atoms with E-state index >= 15 is 0 Å². The minimum absolute atomic E-state index is 0.0187. The number of ether oxygens (including phenoxy) is 2. The van der Waals surface area contributed by atoms with Gasteiger partial charge in [-0.3, -0.25) is 15.1 Å². The van der Waals surface area contributed by atoms with Crippen molar-refractivity contribution in [1.29, 1.82) is 10.5 Å². The van der Waals surface area contributed by atoms with Crippen LogP contribution in [-0.4, -0.2) is 17.7 Å². The predicted molar refractivity (Wildman–Crippen MR) is 138 cm³/mol. The third-order valence-corrected chi connectivity index (χ3v) is 6.42. The molecule has 2 aliphatic rings. The van der Waals surface area contributed by atoms with Gasteiger partial charge < -0.3 is 15.2 Å². The number of methoxy groups -OCH3 is 1. The molecule has 2 unspecified atom stereocenters. The minimum Gasteiger partial charge on any atom is -0.497 e. The highest BCUT2D eigenvalue weighted by Gasteiger charge is 2.44. The first-order valence-electron chi connectivity index (χ1n) is 11.5. The van der Waals surface area contributed by atoms with E-state index in [0.29, 0.717) is 22.6 Å². The van der Waals surface area contributed by atoms with Crippen LogP contribution in [0.15, 0.2) is 107 Å². The molecule has 0 saturated carbocycles. The SMILES string of the molecule is COc1ccc(N2N=C(C#N)C3=C(C(c4ccc([N+](=O)[O-])cc4)C(C#N)=C(N)O3)C2c2ccccc2)cc1. The summed E-state index contributed by atoms with van der Waals surface area (Å²) in [4.78, 5) is 10.8. The molecule has 2 atom stereocenters. The van der Waals surface area contributed by atoms with Crippen LogP contribution in [0.3, 0.4) is 0 Å². The topological polar surface area (TPSA) is 151 Å². The number of non-ortho nitro benzene ring substituents is 1. The van der Waals surface area contributed by atoms with Crippen molar-refractivity contribution < 1.29 is 14.4 Å². The van der Waals surface area contributed by atoms with Gasteiger partial charge in [0.2, 0.25) is 11.6 Å². The maximum absolute atomic E-state index is 11.3. The van der Waals surface area contributed by atoms with Gasteiger partial charge in [-0.25, -0.2) is 0 Å². The van der Waals surface area contributed by atoms with Gasteiger partial charge in [0.1, 0.15) is 29.5 Å². The number of hydrazone groups is 1. The van der Waals surface area contributed by atoms with Crippen molar-refractivity contribution in [3.05, 3.63) is 123 Å². The maximum atomic E-state index is 11.3. The molecular weight excluding hydrogens is 484 g/mol. The van der Waals surface area contributed by atoms with E-state index in [-0.39, 0.29) is 28.6 Å². The Kier molecular flexibility index (Phi) is 6.22. The molecule has 186 valence electrons. The van der Waals surface area contributed by atoms with Gasteiger partial charge in [-0.2, -0.15) is 15.6 Å². The average molecular weight is 505 g/mol. The molecule has 2 heterocycles. The second-order valence-electron chi connectivity index (χ2n) is 8.47. The van der Waals surface area contributed by atoms with Crippen molar-refractivity contribution in [1.82, 2.24) is 0 Å². The first-order valence-corrected chi connectivity index (χ1v) is 11.5. The molecule has 0 bridgehead atoms. The molecule has 0 fully saturated rings. The second kappa shape index (κ2) is 9.80. The maximum Gasteiger partial charge on any atom is 0.269 e. The normalized spacial score (nSPS) is 18.5.